The van der Waals surface area contributed by atoms with Gasteiger partial charge in [0.05, 0.1) is 27.1 Å². The Morgan fingerprint density at radius 2 is 1.74 bits per heavy atom. The van der Waals surface area contributed by atoms with Gasteiger partial charge in [-0.15, -0.1) is 11.3 Å². The highest BCUT2D eigenvalue weighted by atomic mass is 32.1. The van der Waals surface area contributed by atoms with Crippen LogP contribution in [0.1, 0.15) is 79.9 Å². The third-order valence-electron chi connectivity index (χ3n) is 10.3. The first kappa shape index (κ1) is 32.3. The Morgan fingerprint density at radius 1 is 0.960 bits per heavy atom. The second kappa shape index (κ2) is 13.1. The van der Waals surface area contributed by atoms with Crippen LogP contribution >= 0.6 is 11.3 Å². The molecule has 0 bridgehead atoms. The number of carbonyl (C=O) groups excluding carboxylic acids is 3. The topological polar surface area (TPSA) is 129 Å². The van der Waals surface area contributed by atoms with Gasteiger partial charge in [0, 0.05) is 61.4 Å². The Labute approximate surface area is 294 Å². The first-order chi connectivity index (χ1) is 24.3. The van der Waals surface area contributed by atoms with Gasteiger partial charge in [-0.2, -0.15) is 0 Å². The smallest absolute Gasteiger partial charge is 0.261 e. The standard InChI is InChI=1S/C38H39N7O4S/c1-23-19-28(33(40-20-23)44-21-38(22-44)14-17-49-18-15-38)35(46)41-27-10-8-25(9-11-27)37(48)45-24(2)32(43-29-7-4-16-39-34(29)45)30-12-13-31(50-30)36(47)42-26-5-3-6-26/h4,7-13,16,19-20,24,26H,3,5-6,14-15,17-18,21-22H2,1-2H3,(H,41,46)(H,42,47)/t24-/m1/s1. The van der Waals surface area contributed by atoms with E-state index < -0.39 is 6.04 Å². The summed E-state index contributed by atoms with van der Waals surface area (Å²) < 4.78 is 5.57. The maximum Gasteiger partial charge on any atom is 0.261 e. The first-order valence-corrected chi connectivity index (χ1v) is 18.1. The summed E-state index contributed by atoms with van der Waals surface area (Å²) in [6, 6.07) is 15.9. The quantitative estimate of drug-likeness (QED) is 0.238. The average Bonchev–Trinajstić information content (AvgIpc) is 3.59. The summed E-state index contributed by atoms with van der Waals surface area (Å²) in [5.74, 6) is 0.599. The van der Waals surface area contributed by atoms with Crippen molar-refractivity contribution in [2.75, 3.05) is 41.4 Å². The van der Waals surface area contributed by atoms with Crippen LogP contribution in [0.4, 0.5) is 23.0 Å². The van der Waals surface area contributed by atoms with Crippen LogP contribution in [-0.4, -0.2) is 71.8 Å². The van der Waals surface area contributed by atoms with Crippen molar-refractivity contribution in [3.8, 4) is 0 Å². The summed E-state index contributed by atoms with van der Waals surface area (Å²) in [4.78, 5) is 60.0. The zero-order valence-corrected chi connectivity index (χ0v) is 29.0. The number of nitrogens with zero attached hydrogens (tertiary/aromatic N) is 5. The second-order valence-electron chi connectivity index (χ2n) is 13.8. The summed E-state index contributed by atoms with van der Waals surface area (Å²) in [6.45, 7) is 7.15. The molecule has 2 N–H and O–H groups in total. The first-order valence-electron chi connectivity index (χ1n) is 17.3. The minimum atomic E-state index is -0.445. The molecule has 1 spiro atoms. The van der Waals surface area contributed by atoms with E-state index in [4.69, 9.17) is 9.73 Å². The fourth-order valence-corrected chi connectivity index (χ4v) is 8.16. The van der Waals surface area contributed by atoms with Crippen LogP contribution in [0.2, 0.25) is 0 Å². The monoisotopic (exact) mass is 689 g/mol. The molecule has 3 aromatic heterocycles. The molecule has 4 aliphatic rings. The van der Waals surface area contributed by atoms with Crippen molar-refractivity contribution in [3.05, 3.63) is 93.4 Å². The Kier molecular flexibility index (Phi) is 8.44. The van der Waals surface area contributed by atoms with E-state index >= 15 is 0 Å². The minimum absolute atomic E-state index is 0.0731. The Balaban J connectivity index is 0.987. The molecule has 8 rings (SSSR count). The molecular formula is C38H39N7O4S. The molecule has 0 radical (unpaired) electrons. The normalized spacial score (nSPS) is 19.6. The number of anilines is 3. The van der Waals surface area contributed by atoms with Gasteiger partial charge in [0.1, 0.15) is 11.5 Å². The van der Waals surface area contributed by atoms with Crippen LogP contribution in [-0.2, 0) is 4.74 Å². The highest BCUT2D eigenvalue weighted by Crippen LogP contribution is 2.42. The number of fused-ring (bicyclic) bond motifs is 1. The Morgan fingerprint density at radius 3 is 2.48 bits per heavy atom. The third kappa shape index (κ3) is 6.07. The molecule has 2 saturated heterocycles. The largest absolute Gasteiger partial charge is 0.381 e. The summed E-state index contributed by atoms with van der Waals surface area (Å²) in [5, 5.41) is 6.11. The van der Waals surface area contributed by atoms with E-state index in [0.717, 1.165) is 68.8 Å². The lowest BCUT2D eigenvalue weighted by molar-refractivity contribution is -0.000511. The fraction of sp³-hybridized carbons (Fsp3) is 0.368. The number of hydrogen-bond donors (Lipinski definition) is 2. The Bertz CT molecular complexity index is 1990. The molecule has 1 aromatic carbocycles. The van der Waals surface area contributed by atoms with E-state index in [9.17, 15) is 14.4 Å². The van der Waals surface area contributed by atoms with E-state index in [-0.39, 0.29) is 29.2 Å². The lowest BCUT2D eigenvalue weighted by atomic mass is 9.73. The summed E-state index contributed by atoms with van der Waals surface area (Å²) in [7, 11) is 0. The maximum absolute atomic E-state index is 14.2. The fourth-order valence-electron chi connectivity index (χ4n) is 7.18. The molecule has 4 aromatic rings. The van der Waals surface area contributed by atoms with Crippen molar-refractivity contribution >= 4 is 57.8 Å². The zero-order chi connectivity index (χ0) is 34.4. The minimum Gasteiger partial charge on any atom is -0.381 e. The van der Waals surface area contributed by atoms with Crippen LogP contribution in [0.3, 0.4) is 0 Å². The average molecular weight is 690 g/mol. The number of benzene rings is 1. The van der Waals surface area contributed by atoms with Gasteiger partial charge in [0.2, 0.25) is 0 Å². The van der Waals surface area contributed by atoms with E-state index in [1.165, 1.54) is 11.3 Å². The zero-order valence-electron chi connectivity index (χ0n) is 28.1. The number of aryl methyl sites for hydroxylation is 1. The van der Waals surface area contributed by atoms with Gasteiger partial charge in [-0.3, -0.25) is 19.3 Å². The summed E-state index contributed by atoms with van der Waals surface area (Å²) in [6.07, 6.45) is 8.69. The van der Waals surface area contributed by atoms with Crippen molar-refractivity contribution in [1.29, 1.82) is 0 Å². The molecule has 12 heteroatoms. The SMILES string of the molecule is Cc1cnc(N2CC3(CCOCC3)C2)c(C(=O)Nc2ccc(C(=O)N3c4ncccc4N=C(c4ccc(C(=O)NC5CCC5)s4)[C@H]3C)cc2)c1. The van der Waals surface area contributed by atoms with Crippen molar-refractivity contribution in [3.63, 3.8) is 0 Å². The number of aliphatic imine (C=N–C) groups is 1. The van der Waals surface area contributed by atoms with E-state index in [2.05, 4.69) is 25.5 Å². The van der Waals surface area contributed by atoms with Gasteiger partial charge < -0.3 is 20.3 Å². The molecule has 50 heavy (non-hydrogen) atoms. The van der Waals surface area contributed by atoms with Crippen LogP contribution in [0.15, 0.2) is 72.0 Å². The van der Waals surface area contributed by atoms with Crippen LogP contribution in [0.5, 0.6) is 0 Å². The second-order valence-corrected chi connectivity index (χ2v) is 14.9. The maximum atomic E-state index is 14.2. The lowest BCUT2D eigenvalue weighted by Gasteiger charge is -2.53. The molecule has 1 atom stereocenters. The number of thiophene rings is 1. The number of ether oxygens (including phenoxy) is 1. The van der Waals surface area contributed by atoms with Crippen molar-refractivity contribution in [1.82, 2.24) is 15.3 Å². The number of carbonyl (C=O) groups is 3. The van der Waals surface area contributed by atoms with Gasteiger partial charge in [-0.1, -0.05) is 0 Å². The van der Waals surface area contributed by atoms with Crippen LogP contribution in [0.25, 0.3) is 0 Å². The van der Waals surface area contributed by atoms with Crippen molar-refractivity contribution < 1.29 is 19.1 Å². The van der Waals surface area contributed by atoms with Gasteiger partial charge in [-0.05, 0) is 106 Å². The molecule has 3 fully saturated rings. The lowest BCUT2D eigenvalue weighted by Crippen LogP contribution is -2.59. The van der Waals surface area contributed by atoms with Gasteiger partial charge in [0.25, 0.3) is 17.7 Å². The molecule has 0 unspecified atom stereocenters. The van der Waals surface area contributed by atoms with Crippen LogP contribution in [0, 0.1) is 12.3 Å². The highest BCUT2D eigenvalue weighted by molar-refractivity contribution is 7.16. The van der Waals surface area contributed by atoms with E-state index in [1.54, 1.807) is 47.6 Å². The van der Waals surface area contributed by atoms with E-state index in [0.29, 0.717) is 44.7 Å². The highest BCUT2D eigenvalue weighted by Gasteiger charge is 2.45. The van der Waals surface area contributed by atoms with Gasteiger partial charge in [0.15, 0.2) is 5.82 Å². The van der Waals surface area contributed by atoms with Crippen LogP contribution < -0.4 is 20.4 Å². The number of rotatable bonds is 7. The summed E-state index contributed by atoms with van der Waals surface area (Å²) >= 11 is 1.38. The number of hydrogen-bond acceptors (Lipinski definition) is 9. The summed E-state index contributed by atoms with van der Waals surface area (Å²) in [5.41, 5.74) is 3.97. The Hall–Kier alpha value is -4.94. The van der Waals surface area contributed by atoms with Gasteiger partial charge >= 0.3 is 0 Å². The predicted molar refractivity (Wildman–Crippen MR) is 194 cm³/mol. The molecule has 11 nitrogen and oxygen atoms in total. The van der Waals surface area contributed by atoms with Gasteiger partial charge in [-0.25, -0.2) is 15.0 Å². The molecule has 3 aliphatic heterocycles. The number of aromatic nitrogens is 2. The van der Waals surface area contributed by atoms with E-state index in [1.807, 2.05) is 38.1 Å². The number of pyridine rings is 2. The molecule has 6 heterocycles. The predicted octanol–water partition coefficient (Wildman–Crippen LogP) is 6.17. The van der Waals surface area contributed by atoms with Crippen molar-refractivity contribution in [2.24, 2.45) is 10.4 Å². The number of nitrogens with one attached hydrogen (secondary N) is 2. The third-order valence-corrected chi connectivity index (χ3v) is 11.4. The molecule has 1 aliphatic carbocycles. The molecule has 256 valence electrons. The molecular weight excluding hydrogens is 651 g/mol. The molecule has 1 saturated carbocycles. The molecule has 3 amide bonds. The number of amides is 3. The van der Waals surface area contributed by atoms with Crippen molar-refractivity contribution in [2.45, 2.75) is 58.0 Å².